The molecule has 0 atom stereocenters. The van der Waals surface area contributed by atoms with Crippen molar-refractivity contribution in [3.05, 3.63) is 72.7 Å². The number of para-hydroxylation sites is 1. The molecule has 4 aromatic rings. The molecule has 24 heavy (non-hydrogen) atoms. The number of aryl methyl sites for hydroxylation is 1. The number of rotatable bonds is 3. The van der Waals surface area contributed by atoms with Gasteiger partial charge in [0.2, 0.25) is 0 Å². The van der Waals surface area contributed by atoms with Crippen molar-refractivity contribution >= 4 is 20.9 Å². The maximum atomic E-state index is 13.1. The smallest absolute Gasteiger partial charge is 0.268 e. The van der Waals surface area contributed by atoms with Crippen molar-refractivity contribution in [3.63, 3.8) is 0 Å². The summed E-state index contributed by atoms with van der Waals surface area (Å²) in [7, 11) is -3.67. The SMILES string of the molecule is Cc1ccc(S(=O)(=O)n2cc(-c3cn[nH]c3)c3ccccc32)cc1. The first-order valence-electron chi connectivity index (χ1n) is 7.49. The van der Waals surface area contributed by atoms with Gasteiger partial charge >= 0.3 is 0 Å². The highest BCUT2D eigenvalue weighted by Gasteiger charge is 2.21. The molecule has 0 radical (unpaired) electrons. The van der Waals surface area contributed by atoms with Crippen molar-refractivity contribution in [3.8, 4) is 11.1 Å². The summed E-state index contributed by atoms with van der Waals surface area (Å²) in [4.78, 5) is 0.271. The standard InChI is InChI=1S/C18H15N3O2S/c1-13-6-8-15(9-7-13)24(22,23)21-12-17(14-10-19-20-11-14)16-4-2-3-5-18(16)21/h2-12H,1H3,(H,19,20). The summed E-state index contributed by atoms with van der Waals surface area (Å²) in [6.07, 6.45) is 5.10. The van der Waals surface area contributed by atoms with Crippen LogP contribution in [0.3, 0.4) is 0 Å². The van der Waals surface area contributed by atoms with Gasteiger partial charge < -0.3 is 0 Å². The fourth-order valence-electron chi connectivity index (χ4n) is 2.80. The lowest BCUT2D eigenvalue weighted by Crippen LogP contribution is -2.11. The second-order valence-corrected chi connectivity index (χ2v) is 7.48. The van der Waals surface area contributed by atoms with Crippen LogP contribution < -0.4 is 0 Å². The van der Waals surface area contributed by atoms with E-state index >= 15 is 0 Å². The minimum absolute atomic E-state index is 0.271. The average molecular weight is 337 g/mol. The van der Waals surface area contributed by atoms with Crippen molar-refractivity contribution in [2.45, 2.75) is 11.8 Å². The first kappa shape index (κ1) is 14.7. The second-order valence-electron chi connectivity index (χ2n) is 5.66. The van der Waals surface area contributed by atoms with E-state index in [1.165, 1.54) is 3.97 Å². The number of hydrogen-bond donors (Lipinski definition) is 1. The van der Waals surface area contributed by atoms with Crippen molar-refractivity contribution in [1.29, 1.82) is 0 Å². The van der Waals surface area contributed by atoms with Gasteiger partial charge in [0.15, 0.2) is 0 Å². The number of nitrogens with one attached hydrogen (secondary N) is 1. The third-order valence-corrected chi connectivity index (χ3v) is 5.75. The fourth-order valence-corrected chi connectivity index (χ4v) is 4.17. The van der Waals surface area contributed by atoms with Crippen LogP contribution >= 0.6 is 0 Å². The zero-order valence-electron chi connectivity index (χ0n) is 13.0. The minimum atomic E-state index is -3.67. The average Bonchev–Trinajstić information content (AvgIpc) is 3.23. The molecule has 0 aliphatic rings. The van der Waals surface area contributed by atoms with Crippen LogP contribution in [0, 0.1) is 6.92 Å². The van der Waals surface area contributed by atoms with Gasteiger partial charge in [0, 0.05) is 28.9 Å². The Morgan fingerprint density at radius 3 is 2.50 bits per heavy atom. The predicted octanol–water partition coefficient (Wildman–Crippen LogP) is 3.58. The molecule has 0 saturated carbocycles. The van der Waals surface area contributed by atoms with Gasteiger partial charge in [-0.2, -0.15) is 5.10 Å². The quantitative estimate of drug-likeness (QED) is 0.621. The van der Waals surface area contributed by atoms with Crippen molar-refractivity contribution < 1.29 is 8.42 Å². The van der Waals surface area contributed by atoms with E-state index in [0.29, 0.717) is 5.52 Å². The van der Waals surface area contributed by atoms with Crippen molar-refractivity contribution in [2.24, 2.45) is 0 Å². The van der Waals surface area contributed by atoms with E-state index in [4.69, 9.17) is 0 Å². The van der Waals surface area contributed by atoms with Crippen molar-refractivity contribution in [1.82, 2.24) is 14.2 Å². The molecule has 0 bridgehead atoms. The zero-order chi connectivity index (χ0) is 16.7. The van der Waals surface area contributed by atoms with Crippen LogP contribution in [0.2, 0.25) is 0 Å². The molecular weight excluding hydrogens is 322 g/mol. The molecule has 0 unspecified atom stereocenters. The summed E-state index contributed by atoms with van der Waals surface area (Å²) in [6, 6.07) is 14.3. The molecule has 1 N–H and O–H groups in total. The van der Waals surface area contributed by atoms with E-state index in [1.54, 1.807) is 42.9 Å². The van der Waals surface area contributed by atoms with Crippen molar-refractivity contribution in [2.75, 3.05) is 0 Å². The number of H-pyrrole nitrogens is 1. The molecule has 5 nitrogen and oxygen atoms in total. The Balaban J connectivity index is 1.99. The highest BCUT2D eigenvalue weighted by atomic mass is 32.2. The lowest BCUT2D eigenvalue weighted by Gasteiger charge is -2.07. The van der Waals surface area contributed by atoms with Crippen LogP contribution in [0.15, 0.2) is 72.0 Å². The Hall–Kier alpha value is -2.86. The Labute approximate surface area is 139 Å². The van der Waals surface area contributed by atoms with Crippen LogP contribution in [0.4, 0.5) is 0 Å². The van der Waals surface area contributed by atoms with E-state index < -0.39 is 10.0 Å². The maximum Gasteiger partial charge on any atom is 0.268 e. The molecule has 120 valence electrons. The highest BCUT2D eigenvalue weighted by Crippen LogP contribution is 2.32. The lowest BCUT2D eigenvalue weighted by molar-refractivity contribution is 0.589. The summed E-state index contributed by atoms with van der Waals surface area (Å²) in [5, 5.41) is 7.60. The molecular formula is C18H15N3O2S. The molecule has 0 fully saturated rings. The van der Waals surface area contributed by atoms with Crippen LogP contribution in [0.1, 0.15) is 5.56 Å². The molecule has 2 aromatic carbocycles. The Bertz CT molecular complexity index is 1110. The minimum Gasteiger partial charge on any atom is -0.285 e. The van der Waals surface area contributed by atoms with E-state index in [-0.39, 0.29) is 4.90 Å². The molecule has 0 saturated heterocycles. The summed E-state index contributed by atoms with van der Waals surface area (Å²) in [6.45, 7) is 1.93. The zero-order valence-corrected chi connectivity index (χ0v) is 13.8. The number of hydrogen-bond acceptors (Lipinski definition) is 3. The second kappa shape index (κ2) is 5.35. The largest absolute Gasteiger partial charge is 0.285 e. The van der Waals surface area contributed by atoms with E-state index in [0.717, 1.165) is 22.1 Å². The third kappa shape index (κ3) is 2.23. The van der Waals surface area contributed by atoms with Gasteiger partial charge in [-0.25, -0.2) is 12.4 Å². The van der Waals surface area contributed by atoms with Crippen LogP contribution in [-0.4, -0.2) is 22.6 Å². The maximum absolute atomic E-state index is 13.1. The summed E-state index contributed by atoms with van der Waals surface area (Å²) in [5.41, 5.74) is 3.35. The molecule has 0 aliphatic carbocycles. The lowest BCUT2D eigenvalue weighted by atomic mass is 10.1. The van der Waals surface area contributed by atoms with E-state index in [9.17, 15) is 8.42 Å². The normalized spacial score (nSPS) is 11.9. The summed E-state index contributed by atoms with van der Waals surface area (Å²) < 4.78 is 27.5. The van der Waals surface area contributed by atoms with Gasteiger partial charge in [-0.1, -0.05) is 35.9 Å². The molecule has 2 heterocycles. The van der Waals surface area contributed by atoms with Gasteiger partial charge in [-0.3, -0.25) is 5.10 Å². The molecule has 6 heteroatoms. The van der Waals surface area contributed by atoms with Crippen LogP contribution in [-0.2, 0) is 10.0 Å². The van der Waals surface area contributed by atoms with E-state index in [1.807, 2.05) is 31.2 Å². The number of fused-ring (bicyclic) bond motifs is 1. The van der Waals surface area contributed by atoms with Crippen LogP contribution in [0.5, 0.6) is 0 Å². The van der Waals surface area contributed by atoms with Gasteiger partial charge in [0.1, 0.15) is 0 Å². The number of aromatic nitrogens is 3. The number of benzene rings is 2. The first-order chi connectivity index (χ1) is 11.6. The van der Waals surface area contributed by atoms with Gasteiger partial charge in [-0.15, -0.1) is 0 Å². The van der Waals surface area contributed by atoms with Crippen LogP contribution in [0.25, 0.3) is 22.0 Å². The van der Waals surface area contributed by atoms with Gasteiger partial charge in [-0.05, 0) is 25.1 Å². The molecule has 0 aliphatic heterocycles. The Kier molecular flexibility index (Phi) is 3.28. The van der Waals surface area contributed by atoms with Gasteiger partial charge in [0.25, 0.3) is 10.0 Å². The summed E-state index contributed by atoms with van der Waals surface area (Å²) >= 11 is 0. The fraction of sp³-hybridized carbons (Fsp3) is 0.0556. The molecule has 4 rings (SSSR count). The Morgan fingerprint density at radius 2 is 1.79 bits per heavy atom. The number of aromatic amines is 1. The molecule has 2 aromatic heterocycles. The Morgan fingerprint density at radius 1 is 1.04 bits per heavy atom. The topological polar surface area (TPSA) is 67.8 Å². The predicted molar refractivity (Wildman–Crippen MR) is 93.3 cm³/mol. The van der Waals surface area contributed by atoms with Gasteiger partial charge in [0.05, 0.1) is 16.6 Å². The first-order valence-corrected chi connectivity index (χ1v) is 8.93. The molecule has 0 spiro atoms. The summed E-state index contributed by atoms with van der Waals surface area (Å²) in [5.74, 6) is 0. The third-order valence-electron chi connectivity index (χ3n) is 4.07. The highest BCUT2D eigenvalue weighted by molar-refractivity contribution is 7.90. The molecule has 0 amide bonds. The monoisotopic (exact) mass is 337 g/mol. The number of nitrogens with zero attached hydrogens (tertiary/aromatic N) is 2. The van der Waals surface area contributed by atoms with E-state index in [2.05, 4.69) is 10.2 Å².